The SMILES string of the molecule is CC(C)(O)[C@@H]1C(O)C[C@]2(CO)CC[C@]3(C)[C@H](CC[C@@H]4[C@@]5(C)CC[C@H](O)C(C)(C)[C@@H]5[C@@H](O[C@@H]5O[C@H](CO)[C@@H](O)[C@H](O)[C@H]5O)C[C@]43C)[C@@H]12. The molecule has 0 bridgehead atoms. The third-order valence-corrected chi connectivity index (χ3v) is 15.8. The Balaban J connectivity index is 1.43. The van der Waals surface area contributed by atoms with E-state index in [-0.39, 0.29) is 46.5 Å². The predicted octanol–water partition coefficient (Wildman–Crippen LogP) is 1.96. The van der Waals surface area contributed by atoms with Gasteiger partial charge in [0.2, 0.25) is 0 Å². The van der Waals surface area contributed by atoms with E-state index in [1.165, 1.54) is 0 Å². The van der Waals surface area contributed by atoms with E-state index in [4.69, 9.17) is 9.47 Å². The zero-order valence-electron chi connectivity index (χ0n) is 29.0. The summed E-state index contributed by atoms with van der Waals surface area (Å²) in [5, 5.41) is 87.2. The fourth-order valence-corrected chi connectivity index (χ4v) is 13.5. The van der Waals surface area contributed by atoms with Gasteiger partial charge in [-0.1, -0.05) is 34.6 Å². The standard InChI is InChI=1S/C36H62O10/c1-31(2)23(40)10-11-33(5)22-9-8-18-24-25(32(3,4)44)19(39)14-36(24,17-38)13-12-34(18,6)35(22,7)15-20(29(31)33)45-30-28(43)27(42)26(41)21(16-37)46-30/h18-30,37-44H,8-17H2,1-7H3/t18-,19?,20+,21-,22-,23+,24+,25-,26-,27+,28-,29+,30-,33-,34-,35-,36+/m1/s1. The number of aliphatic hydroxyl groups excluding tert-OH is 7. The summed E-state index contributed by atoms with van der Waals surface area (Å²) in [7, 11) is 0. The van der Waals surface area contributed by atoms with Crippen molar-refractivity contribution in [2.75, 3.05) is 13.2 Å². The van der Waals surface area contributed by atoms with Gasteiger partial charge in [0.05, 0.1) is 30.5 Å². The first-order valence-electron chi connectivity index (χ1n) is 17.9. The van der Waals surface area contributed by atoms with Gasteiger partial charge in [-0.15, -0.1) is 0 Å². The minimum atomic E-state index is -1.55. The minimum Gasteiger partial charge on any atom is -0.396 e. The summed E-state index contributed by atoms with van der Waals surface area (Å²) in [6.07, 6.45) is -2.52. The van der Waals surface area contributed by atoms with Crippen molar-refractivity contribution < 1.29 is 50.3 Å². The lowest BCUT2D eigenvalue weighted by Crippen LogP contribution is -2.71. The van der Waals surface area contributed by atoms with E-state index in [9.17, 15) is 40.9 Å². The van der Waals surface area contributed by atoms with E-state index >= 15 is 0 Å². The van der Waals surface area contributed by atoms with Crippen molar-refractivity contribution in [1.29, 1.82) is 0 Å². The van der Waals surface area contributed by atoms with Crippen LogP contribution in [0.25, 0.3) is 0 Å². The average Bonchev–Trinajstić information content (AvgIpc) is 3.28. The Hall–Kier alpha value is -0.400. The van der Waals surface area contributed by atoms with Crippen molar-refractivity contribution >= 4 is 0 Å². The molecule has 5 aliphatic carbocycles. The second kappa shape index (κ2) is 11.3. The molecule has 8 N–H and O–H groups in total. The van der Waals surface area contributed by atoms with Gasteiger partial charge < -0.3 is 50.3 Å². The Kier molecular flexibility index (Phi) is 8.71. The molecule has 17 atom stereocenters. The van der Waals surface area contributed by atoms with Gasteiger partial charge in [0, 0.05) is 12.5 Å². The van der Waals surface area contributed by atoms with E-state index in [1.54, 1.807) is 13.8 Å². The molecular formula is C36H62O10. The van der Waals surface area contributed by atoms with Crippen LogP contribution in [0.4, 0.5) is 0 Å². The van der Waals surface area contributed by atoms with Crippen molar-refractivity contribution in [2.45, 2.75) is 154 Å². The summed E-state index contributed by atoms with van der Waals surface area (Å²) in [6, 6.07) is 0. The van der Waals surface area contributed by atoms with Gasteiger partial charge in [0.1, 0.15) is 24.4 Å². The number of ether oxygens (including phenoxy) is 2. The summed E-state index contributed by atoms with van der Waals surface area (Å²) in [6.45, 7) is 14.3. The van der Waals surface area contributed by atoms with Gasteiger partial charge in [-0.2, -0.15) is 0 Å². The Bertz CT molecular complexity index is 1140. The number of hydrogen-bond acceptors (Lipinski definition) is 10. The second-order valence-electron chi connectivity index (χ2n) is 18.5. The first-order chi connectivity index (χ1) is 21.2. The molecule has 6 rings (SSSR count). The molecule has 10 nitrogen and oxygen atoms in total. The van der Waals surface area contributed by atoms with E-state index in [0.29, 0.717) is 25.2 Å². The quantitative estimate of drug-likeness (QED) is 0.204. The topological polar surface area (TPSA) is 180 Å². The van der Waals surface area contributed by atoms with Crippen molar-refractivity contribution in [3.05, 3.63) is 0 Å². The van der Waals surface area contributed by atoms with Crippen LogP contribution in [-0.2, 0) is 9.47 Å². The molecule has 0 radical (unpaired) electrons. The van der Waals surface area contributed by atoms with E-state index in [1.807, 2.05) is 0 Å². The van der Waals surface area contributed by atoms with E-state index in [2.05, 4.69) is 34.6 Å². The molecule has 5 saturated carbocycles. The molecule has 46 heavy (non-hydrogen) atoms. The highest BCUT2D eigenvalue weighted by Crippen LogP contribution is 2.78. The van der Waals surface area contributed by atoms with Crippen molar-refractivity contribution in [3.8, 4) is 0 Å². The maximum atomic E-state index is 11.4. The lowest BCUT2D eigenvalue weighted by atomic mass is 9.31. The molecule has 0 spiro atoms. The fraction of sp³-hybridized carbons (Fsp3) is 1.00. The largest absolute Gasteiger partial charge is 0.396 e. The number of rotatable bonds is 5. The first kappa shape index (κ1) is 35.4. The zero-order chi connectivity index (χ0) is 34.0. The smallest absolute Gasteiger partial charge is 0.186 e. The zero-order valence-corrected chi connectivity index (χ0v) is 29.0. The number of aliphatic hydroxyl groups is 8. The molecule has 1 unspecified atom stereocenters. The first-order valence-corrected chi connectivity index (χ1v) is 17.9. The highest BCUT2D eigenvalue weighted by atomic mass is 16.7. The molecular weight excluding hydrogens is 592 g/mol. The Morgan fingerprint density at radius 2 is 1.48 bits per heavy atom. The highest BCUT2D eigenvalue weighted by molar-refractivity contribution is 5.22. The maximum absolute atomic E-state index is 11.4. The van der Waals surface area contributed by atoms with Crippen LogP contribution >= 0.6 is 0 Å². The molecule has 10 heteroatoms. The summed E-state index contributed by atoms with van der Waals surface area (Å²) >= 11 is 0. The van der Waals surface area contributed by atoms with Crippen molar-refractivity contribution in [2.24, 2.45) is 56.7 Å². The van der Waals surface area contributed by atoms with Gasteiger partial charge in [0.25, 0.3) is 0 Å². The van der Waals surface area contributed by atoms with Gasteiger partial charge in [-0.3, -0.25) is 0 Å². The third-order valence-electron chi connectivity index (χ3n) is 15.8. The molecule has 6 aliphatic rings. The van der Waals surface area contributed by atoms with Crippen LogP contribution in [0, 0.1) is 56.7 Å². The van der Waals surface area contributed by atoms with Crippen LogP contribution in [0.2, 0.25) is 0 Å². The lowest BCUT2D eigenvalue weighted by Gasteiger charge is -2.74. The summed E-state index contributed by atoms with van der Waals surface area (Å²) < 4.78 is 12.7. The van der Waals surface area contributed by atoms with Crippen molar-refractivity contribution in [3.63, 3.8) is 0 Å². The van der Waals surface area contributed by atoms with Gasteiger partial charge >= 0.3 is 0 Å². The van der Waals surface area contributed by atoms with Crippen LogP contribution in [-0.4, -0.2) is 109 Å². The number of hydrogen-bond donors (Lipinski definition) is 8. The van der Waals surface area contributed by atoms with Crippen LogP contribution in [0.3, 0.4) is 0 Å². The molecule has 1 saturated heterocycles. The normalized spacial score (nSPS) is 56.8. The summed E-state index contributed by atoms with van der Waals surface area (Å²) in [4.78, 5) is 0. The van der Waals surface area contributed by atoms with Crippen LogP contribution in [0.15, 0.2) is 0 Å². The summed E-state index contributed by atoms with van der Waals surface area (Å²) in [5.41, 5.74) is -2.82. The molecule has 0 aromatic rings. The van der Waals surface area contributed by atoms with Gasteiger partial charge in [0.15, 0.2) is 6.29 Å². The highest BCUT2D eigenvalue weighted by Gasteiger charge is 2.74. The maximum Gasteiger partial charge on any atom is 0.186 e. The predicted molar refractivity (Wildman–Crippen MR) is 169 cm³/mol. The Morgan fingerprint density at radius 1 is 0.804 bits per heavy atom. The molecule has 1 aliphatic heterocycles. The second-order valence-corrected chi connectivity index (χ2v) is 18.5. The Labute approximate surface area is 274 Å². The van der Waals surface area contributed by atoms with Crippen LogP contribution in [0.5, 0.6) is 0 Å². The third kappa shape index (κ3) is 4.71. The minimum absolute atomic E-state index is 0.0112. The van der Waals surface area contributed by atoms with Crippen LogP contribution in [0.1, 0.15) is 99.8 Å². The fourth-order valence-electron chi connectivity index (χ4n) is 13.5. The van der Waals surface area contributed by atoms with E-state index in [0.717, 1.165) is 32.1 Å². The van der Waals surface area contributed by atoms with Crippen LogP contribution < -0.4 is 0 Å². The number of fused-ring (bicyclic) bond motifs is 7. The molecule has 0 amide bonds. The molecule has 266 valence electrons. The van der Waals surface area contributed by atoms with Gasteiger partial charge in [-0.25, -0.2) is 0 Å². The summed E-state index contributed by atoms with van der Waals surface area (Å²) in [5.74, 6) is -0.0724. The molecule has 0 aromatic carbocycles. The van der Waals surface area contributed by atoms with Gasteiger partial charge in [-0.05, 0) is 116 Å². The molecule has 6 fully saturated rings. The van der Waals surface area contributed by atoms with E-state index < -0.39 is 72.1 Å². The lowest BCUT2D eigenvalue weighted by molar-refractivity contribution is -0.347. The van der Waals surface area contributed by atoms with Crippen molar-refractivity contribution in [1.82, 2.24) is 0 Å². The molecule has 1 heterocycles. The molecule has 0 aromatic heterocycles. The Morgan fingerprint density at radius 3 is 2.09 bits per heavy atom. The average molecular weight is 655 g/mol. The monoisotopic (exact) mass is 654 g/mol.